The lowest BCUT2D eigenvalue weighted by Gasteiger charge is -2.21. The number of carboxylic acid groups (broad SMARTS) is 1. The van der Waals surface area contributed by atoms with Crippen LogP contribution in [0.4, 0.5) is 0 Å². The minimum Gasteiger partial charge on any atom is -0.494 e. The van der Waals surface area contributed by atoms with Gasteiger partial charge in [-0.2, -0.15) is 0 Å². The Kier molecular flexibility index (Phi) is 15.4. The number of carbonyl (C=O) groups is 1. The van der Waals surface area contributed by atoms with Crippen LogP contribution in [0.1, 0.15) is 41.5 Å². The number of ether oxygens (including phenoxy) is 1. The molecule has 1 aromatic carbocycles. The zero-order valence-electron chi connectivity index (χ0n) is 14.3. The Morgan fingerprint density at radius 3 is 2.00 bits per heavy atom. The van der Waals surface area contributed by atoms with Crippen LogP contribution in [-0.2, 0) is 4.79 Å². The Balaban J connectivity index is 0. The van der Waals surface area contributed by atoms with Gasteiger partial charge in [0.15, 0.2) is 0 Å². The molecule has 4 nitrogen and oxygen atoms in total. The first-order chi connectivity index (χ1) is 10.0. The molecule has 0 aromatic heterocycles. The minimum atomic E-state index is -0.754. The highest BCUT2D eigenvalue weighted by molar-refractivity contribution is 5.69. The SMILES string of the molecule is CC.CCN(CC(=O)O)C(C)C.CCOc1ccccc1. The van der Waals surface area contributed by atoms with E-state index in [0.29, 0.717) is 6.04 Å². The number of likely N-dealkylation sites (N-methyl/N-ethyl adjacent to an activating group) is 1. The summed E-state index contributed by atoms with van der Waals surface area (Å²) in [4.78, 5) is 12.1. The second-order valence-corrected chi connectivity index (χ2v) is 4.30. The predicted molar refractivity (Wildman–Crippen MR) is 89.0 cm³/mol. The number of para-hydroxylation sites is 1. The van der Waals surface area contributed by atoms with E-state index in [1.165, 1.54) is 0 Å². The standard InChI is InChI=1S/C8H10O.C7H15NO2.C2H6/c1-2-9-8-6-4-3-5-7-8;1-4-8(6(2)3)5-7(9)10;1-2/h3-7H,2H2,1H3;6H,4-5H2,1-3H3,(H,9,10);1-2H3. The highest BCUT2D eigenvalue weighted by Gasteiger charge is 2.09. The number of rotatable bonds is 6. The molecule has 0 atom stereocenters. The van der Waals surface area contributed by atoms with Crippen molar-refractivity contribution in [1.82, 2.24) is 4.90 Å². The topological polar surface area (TPSA) is 49.8 Å². The fourth-order valence-corrected chi connectivity index (χ4v) is 1.52. The van der Waals surface area contributed by atoms with Gasteiger partial charge in [-0.1, -0.05) is 39.0 Å². The maximum atomic E-state index is 10.2. The van der Waals surface area contributed by atoms with Crippen molar-refractivity contribution in [2.45, 2.75) is 47.6 Å². The van der Waals surface area contributed by atoms with Crippen LogP contribution in [0.3, 0.4) is 0 Å². The lowest BCUT2D eigenvalue weighted by atomic mass is 10.3. The molecular weight excluding hydrogens is 266 g/mol. The van der Waals surface area contributed by atoms with Crippen molar-refractivity contribution in [3.63, 3.8) is 0 Å². The molecule has 0 unspecified atom stereocenters. The zero-order chi connectivity index (χ0) is 16.7. The second-order valence-electron chi connectivity index (χ2n) is 4.30. The number of nitrogens with zero attached hydrogens (tertiary/aromatic N) is 1. The van der Waals surface area contributed by atoms with Gasteiger partial charge in [0, 0.05) is 6.04 Å². The molecule has 0 saturated heterocycles. The van der Waals surface area contributed by atoms with E-state index >= 15 is 0 Å². The summed E-state index contributed by atoms with van der Waals surface area (Å²) in [6.45, 7) is 13.6. The van der Waals surface area contributed by atoms with E-state index in [9.17, 15) is 4.79 Å². The normalized spacial score (nSPS) is 9.33. The van der Waals surface area contributed by atoms with Crippen LogP contribution in [0.25, 0.3) is 0 Å². The number of aliphatic carboxylic acids is 1. The van der Waals surface area contributed by atoms with E-state index in [1.54, 1.807) is 0 Å². The quantitative estimate of drug-likeness (QED) is 0.865. The van der Waals surface area contributed by atoms with Crippen LogP contribution in [0.2, 0.25) is 0 Å². The number of carboxylic acids is 1. The monoisotopic (exact) mass is 297 g/mol. The van der Waals surface area contributed by atoms with Gasteiger partial charge in [0.2, 0.25) is 0 Å². The van der Waals surface area contributed by atoms with Gasteiger partial charge in [-0.05, 0) is 39.4 Å². The van der Waals surface area contributed by atoms with E-state index < -0.39 is 5.97 Å². The van der Waals surface area contributed by atoms with Gasteiger partial charge in [0.05, 0.1) is 13.2 Å². The first-order valence-corrected chi connectivity index (χ1v) is 7.64. The van der Waals surface area contributed by atoms with Crippen LogP contribution in [-0.4, -0.2) is 41.7 Å². The molecule has 0 bridgehead atoms. The molecule has 1 rings (SSSR count). The van der Waals surface area contributed by atoms with Crippen molar-refractivity contribution >= 4 is 5.97 Å². The zero-order valence-corrected chi connectivity index (χ0v) is 14.3. The third kappa shape index (κ3) is 13.2. The molecule has 0 aliphatic rings. The average molecular weight is 297 g/mol. The van der Waals surface area contributed by atoms with Crippen LogP contribution in [0.5, 0.6) is 5.75 Å². The third-order valence-electron chi connectivity index (χ3n) is 2.53. The molecule has 0 aliphatic heterocycles. The van der Waals surface area contributed by atoms with Gasteiger partial charge < -0.3 is 9.84 Å². The summed E-state index contributed by atoms with van der Waals surface area (Å²) in [6.07, 6.45) is 0. The smallest absolute Gasteiger partial charge is 0.317 e. The van der Waals surface area contributed by atoms with E-state index in [1.807, 2.05) is 76.8 Å². The Morgan fingerprint density at radius 1 is 1.19 bits per heavy atom. The van der Waals surface area contributed by atoms with Gasteiger partial charge in [-0.3, -0.25) is 9.69 Å². The molecule has 0 fully saturated rings. The molecule has 0 radical (unpaired) electrons. The van der Waals surface area contributed by atoms with Crippen molar-refractivity contribution < 1.29 is 14.6 Å². The molecule has 21 heavy (non-hydrogen) atoms. The molecule has 0 amide bonds. The van der Waals surface area contributed by atoms with Crippen molar-refractivity contribution in [2.24, 2.45) is 0 Å². The maximum Gasteiger partial charge on any atom is 0.317 e. The minimum absolute atomic E-state index is 0.147. The summed E-state index contributed by atoms with van der Waals surface area (Å²) in [5.41, 5.74) is 0. The number of benzene rings is 1. The largest absolute Gasteiger partial charge is 0.494 e. The van der Waals surface area contributed by atoms with Gasteiger partial charge in [0.1, 0.15) is 5.75 Å². The highest BCUT2D eigenvalue weighted by Crippen LogP contribution is 2.06. The summed E-state index contributed by atoms with van der Waals surface area (Å²) in [5, 5.41) is 8.42. The van der Waals surface area contributed by atoms with E-state index in [2.05, 4.69) is 0 Å². The molecule has 1 N–H and O–H groups in total. The first-order valence-electron chi connectivity index (χ1n) is 7.64. The molecular formula is C17H31NO3. The molecule has 1 aromatic rings. The fraction of sp³-hybridized carbons (Fsp3) is 0.588. The van der Waals surface area contributed by atoms with E-state index in [-0.39, 0.29) is 6.54 Å². The Bertz CT molecular complexity index is 339. The summed E-state index contributed by atoms with van der Waals surface area (Å²) >= 11 is 0. The number of hydrogen-bond donors (Lipinski definition) is 1. The van der Waals surface area contributed by atoms with Gasteiger partial charge in [-0.25, -0.2) is 0 Å². The Labute approximate surface area is 129 Å². The lowest BCUT2D eigenvalue weighted by Crippen LogP contribution is -2.35. The van der Waals surface area contributed by atoms with Crippen molar-refractivity contribution in [3.05, 3.63) is 30.3 Å². The molecule has 0 aliphatic carbocycles. The summed E-state index contributed by atoms with van der Waals surface area (Å²) in [7, 11) is 0. The van der Waals surface area contributed by atoms with Crippen molar-refractivity contribution in [2.75, 3.05) is 19.7 Å². The van der Waals surface area contributed by atoms with Crippen LogP contribution < -0.4 is 4.74 Å². The van der Waals surface area contributed by atoms with Crippen molar-refractivity contribution in [1.29, 1.82) is 0 Å². The van der Waals surface area contributed by atoms with Crippen LogP contribution >= 0.6 is 0 Å². The molecule has 122 valence electrons. The van der Waals surface area contributed by atoms with Gasteiger partial charge >= 0.3 is 5.97 Å². The van der Waals surface area contributed by atoms with Crippen LogP contribution in [0.15, 0.2) is 30.3 Å². The number of hydrogen-bond acceptors (Lipinski definition) is 3. The summed E-state index contributed by atoms with van der Waals surface area (Å²) in [5.74, 6) is 0.190. The van der Waals surface area contributed by atoms with E-state index in [4.69, 9.17) is 9.84 Å². The van der Waals surface area contributed by atoms with Crippen LogP contribution in [0, 0.1) is 0 Å². The van der Waals surface area contributed by atoms with E-state index in [0.717, 1.165) is 18.9 Å². The van der Waals surface area contributed by atoms with Gasteiger partial charge in [0.25, 0.3) is 0 Å². The fourth-order valence-electron chi connectivity index (χ4n) is 1.52. The predicted octanol–water partition coefficient (Wildman–Crippen LogP) is 3.91. The maximum absolute atomic E-state index is 10.2. The summed E-state index contributed by atoms with van der Waals surface area (Å²) in [6, 6.07) is 10.1. The first kappa shape index (κ1) is 21.7. The average Bonchev–Trinajstić information content (AvgIpc) is 2.48. The second kappa shape index (κ2) is 14.9. The molecule has 0 spiro atoms. The van der Waals surface area contributed by atoms with Crippen molar-refractivity contribution in [3.8, 4) is 5.75 Å². The van der Waals surface area contributed by atoms with Gasteiger partial charge in [-0.15, -0.1) is 0 Å². The third-order valence-corrected chi connectivity index (χ3v) is 2.53. The molecule has 4 heteroatoms. The molecule has 0 heterocycles. The molecule has 0 saturated carbocycles. The Hall–Kier alpha value is -1.55. The summed E-state index contributed by atoms with van der Waals surface area (Å²) < 4.78 is 5.21. The highest BCUT2D eigenvalue weighted by atomic mass is 16.5. The lowest BCUT2D eigenvalue weighted by molar-refractivity contribution is -0.138. The Morgan fingerprint density at radius 2 is 1.71 bits per heavy atom.